The van der Waals surface area contributed by atoms with Gasteiger partial charge in [0.25, 0.3) is 5.91 Å². The van der Waals surface area contributed by atoms with Crippen LogP contribution >= 0.6 is 0 Å². The molecule has 0 radical (unpaired) electrons. The minimum absolute atomic E-state index is 0.209. The predicted octanol–water partition coefficient (Wildman–Crippen LogP) is 2.81. The molecule has 1 heterocycles. The Morgan fingerprint density at radius 3 is 2.41 bits per heavy atom. The summed E-state index contributed by atoms with van der Waals surface area (Å²) in [6.45, 7) is 0.209. The van der Waals surface area contributed by atoms with Crippen molar-refractivity contribution in [3.8, 4) is 0 Å². The lowest BCUT2D eigenvalue weighted by molar-refractivity contribution is 0.0955. The summed E-state index contributed by atoms with van der Waals surface area (Å²) < 4.78 is 25.8. The van der Waals surface area contributed by atoms with E-state index in [4.69, 9.17) is 0 Å². The summed E-state index contributed by atoms with van der Waals surface area (Å²) in [6.07, 6.45) is 5.92. The second-order valence-corrected chi connectivity index (χ2v) is 8.19. The summed E-state index contributed by atoms with van der Waals surface area (Å²) in [5.41, 5.74) is 4.90. The maximum atomic E-state index is 12.3. The van der Waals surface area contributed by atoms with Crippen LogP contribution < -0.4 is 9.73 Å². The molecule has 29 heavy (non-hydrogen) atoms. The zero-order valence-electron chi connectivity index (χ0n) is 15.8. The number of nitrogens with one attached hydrogen (secondary N) is 1. The van der Waals surface area contributed by atoms with Gasteiger partial charge in [0.2, 0.25) is 10.0 Å². The van der Waals surface area contributed by atoms with Crippen molar-refractivity contribution in [3.63, 3.8) is 0 Å². The van der Waals surface area contributed by atoms with Crippen LogP contribution in [0.4, 0.5) is 5.69 Å². The lowest BCUT2D eigenvalue weighted by Gasteiger charge is -2.22. The largest absolute Gasteiger partial charge is 0.271 e. The zero-order chi connectivity index (χ0) is 20.7. The molecule has 1 N–H and O–H groups in total. The third-order valence-electron chi connectivity index (χ3n) is 4.05. The molecule has 0 aliphatic rings. The number of aromatic nitrogens is 1. The maximum absolute atomic E-state index is 12.3. The average molecular weight is 408 g/mol. The summed E-state index contributed by atoms with van der Waals surface area (Å²) in [4.78, 5) is 16.2. The van der Waals surface area contributed by atoms with Crippen LogP contribution in [0.2, 0.25) is 0 Å². The Bertz CT molecular complexity index is 1080. The molecule has 2 aromatic carbocycles. The van der Waals surface area contributed by atoms with Crippen LogP contribution in [-0.4, -0.2) is 31.8 Å². The SMILES string of the molecule is CS(=O)(=O)N(Cc1ccccc1)c1ccc(C(=O)N/N=C\c2cccnc2)cc1. The molecular weight excluding hydrogens is 388 g/mol. The highest BCUT2D eigenvalue weighted by molar-refractivity contribution is 7.92. The second kappa shape index (κ2) is 9.11. The molecule has 0 atom stereocenters. The number of sulfonamides is 1. The summed E-state index contributed by atoms with van der Waals surface area (Å²) in [5.74, 6) is -0.398. The number of carbonyl (C=O) groups is 1. The van der Waals surface area contributed by atoms with Crippen molar-refractivity contribution >= 4 is 27.8 Å². The van der Waals surface area contributed by atoms with Crippen molar-refractivity contribution in [1.82, 2.24) is 10.4 Å². The van der Waals surface area contributed by atoms with E-state index in [1.807, 2.05) is 36.4 Å². The number of hydrogen-bond acceptors (Lipinski definition) is 5. The smallest absolute Gasteiger partial charge is 0.267 e. The molecule has 1 amide bonds. The van der Waals surface area contributed by atoms with Gasteiger partial charge < -0.3 is 0 Å². The maximum Gasteiger partial charge on any atom is 0.271 e. The van der Waals surface area contributed by atoms with E-state index in [1.165, 1.54) is 10.5 Å². The summed E-state index contributed by atoms with van der Waals surface area (Å²) in [5, 5.41) is 3.90. The minimum atomic E-state index is -3.49. The van der Waals surface area contributed by atoms with E-state index >= 15 is 0 Å². The Morgan fingerprint density at radius 1 is 1.07 bits per heavy atom. The van der Waals surface area contributed by atoms with E-state index in [-0.39, 0.29) is 6.54 Å². The topological polar surface area (TPSA) is 91.7 Å². The molecule has 0 spiro atoms. The predicted molar refractivity (Wildman–Crippen MR) is 113 cm³/mol. The van der Waals surface area contributed by atoms with E-state index < -0.39 is 15.9 Å². The summed E-state index contributed by atoms with van der Waals surface area (Å²) in [6, 6.07) is 19.2. The number of rotatable bonds is 7. The van der Waals surface area contributed by atoms with E-state index in [0.717, 1.165) is 17.4 Å². The third-order valence-corrected chi connectivity index (χ3v) is 5.19. The Morgan fingerprint density at radius 2 is 1.79 bits per heavy atom. The quantitative estimate of drug-likeness (QED) is 0.481. The van der Waals surface area contributed by atoms with E-state index in [2.05, 4.69) is 15.5 Å². The van der Waals surface area contributed by atoms with Crippen LogP contribution in [0, 0.1) is 0 Å². The molecule has 0 aliphatic carbocycles. The molecule has 0 bridgehead atoms. The lowest BCUT2D eigenvalue weighted by atomic mass is 10.2. The Kier molecular flexibility index (Phi) is 6.36. The average Bonchev–Trinajstić information content (AvgIpc) is 2.73. The molecule has 0 saturated heterocycles. The van der Waals surface area contributed by atoms with Gasteiger partial charge in [0.15, 0.2) is 0 Å². The van der Waals surface area contributed by atoms with Crippen molar-refractivity contribution in [3.05, 3.63) is 95.8 Å². The molecule has 0 aliphatic heterocycles. The first-order valence-electron chi connectivity index (χ1n) is 8.78. The molecule has 1 aromatic heterocycles. The fourth-order valence-corrected chi connectivity index (χ4v) is 3.50. The van der Waals surface area contributed by atoms with Crippen molar-refractivity contribution in [2.75, 3.05) is 10.6 Å². The number of nitrogens with zero attached hydrogens (tertiary/aromatic N) is 3. The van der Waals surface area contributed by atoms with Gasteiger partial charge in [0, 0.05) is 23.5 Å². The minimum Gasteiger partial charge on any atom is -0.267 e. The molecule has 0 fully saturated rings. The van der Waals surface area contributed by atoms with Crippen molar-refractivity contribution in [1.29, 1.82) is 0 Å². The standard InChI is InChI=1S/C21H20N4O3S/c1-29(27,28)25(16-17-6-3-2-4-7-17)20-11-9-19(10-12-20)21(26)24-23-15-18-8-5-13-22-14-18/h2-15H,16H2,1H3,(H,24,26)/b23-15-. The van der Waals surface area contributed by atoms with Gasteiger partial charge in [-0.05, 0) is 35.9 Å². The fraction of sp³-hybridized carbons (Fsp3) is 0.0952. The van der Waals surface area contributed by atoms with Crippen molar-refractivity contribution < 1.29 is 13.2 Å². The van der Waals surface area contributed by atoms with Gasteiger partial charge in [-0.3, -0.25) is 14.1 Å². The summed E-state index contributed by atoms with van der Waals surface area (Å²) >= 11 is 0. The van der Waals surface area contributed by atoms with Crippen LogP contribution in [-0.2, 0) is 16.6 Å². The molecule has 0 saturated carbocycles. The molecular formula is C21H20N4O3S. The Balaban J connectivity index is 1.71. The third kappa shape index (κ3) is 5.73. The van der Waals surface area contributed by atoms with Gasteiger partial charge in [-0.25, -0.2) is 13.8 Å². The van der Waals surface area contributed by atoms with E-state index in [1.54, 1.807) is 42.7 Å². The first-order valence-corrected chi connectivity index (χ1v) is 10.6. The molecule has 0 unspecified atom stereocenters. The molecule has 148 valence electrons. The highest BCUT2D eigenvalue weighted by atomic mass is 32.2. The lowest BCUT2D eigenvalue weighted by Crippen LogP contribution is -2.29. The van der Waals surface area contributed by atoms with Crippen LogP contribution in [0.15, 0.2) is 84.2 Å². The van der Waals surface area contributed by atoms with Gasteiger partial charge >= 0.3 is 0 Å². The van der Waals surface area contributed by atoms with Gasteiger partial charge in [-0.2, -0.15) is 5.10 Å². The fourth-order valence-electron chi connectivity index (χ4n) is 2.61. The first-order chi connectivity index (χ1) is 13.9. The van der Waals surface area contributed by atoms with Crippen LogP contribution in [0.1, 0.15) is 21.5 Å². The number of amides is 1. The zero-order valence-corrected chi connectivity index (χ0v) is 16.6. The Hall–Kier alpha value is -3.52. The van der Waals surface area contributed by atoms with Crippen LogP contribution in [0.3, 0.4) is 0 Å². The number of benzene rings is 2. The molecule has 8 heteroatoms. The highest BCUT2D eigenvalue weighted by Crippen LogP contribution is 2.21. The second-order valence-electron chi connectivity index (χ2n) is 6.29. The normalized spacial score (nSPS) is 11.3. The van der Waals surface area contributed by atoms with Gasteiger partial charge in [0.1, 0.15) is 0 Å². The number of hydrogen-bond donors (Lipinski definition) is 1. The van der Waals surface area contributed by atoms with Gasteiger partial charge in [-0.1, -0.05) is 36.4 Å². The van der Waals surface area contributed by atoms with Crippen molar-refractivity contribution in [2.45, 2.75) is 6.54 Å². The number of pyridine rings is 1. The monoisotopic (exact) mass is 408 g/mol. The van der Waals surface area contributed by atoms with Crippen LogP contribution in [0.25, 0.3) is 0 Å². The summed E-state index contributed by atoms with van der Waals surface area (Å²) in [7, 11) is -3.49. The highest BCUT2D eigenvalue weighted by Gasteiger charge is 2.18. The molecule has 3 rings (SSSR count). The van der Waals surface area contributed by atoms with Crippen molar-refractivity contribution in [2.24, 2.45) is 5.10 Å². The number of anilines is 1. The first kappa shape index (κ1) is 20.2. The van der Waals surface area contributed by atoms with Gasteiger partial charge in [0.05, 0.1) is 24.7 Å². The number of carbonyl (C=O) groups excluding carboxylic acids is 1. The molecule has 3 aromatic rings. The van der Waals surface area contributed by atoms with Crippen LogP contribution in [0.5, 0.6) is 0 Å². The Labute approximate surface area is 169 Å². The van der Waals surface area contributed by atoms with E-state index in [0.29, 0.717) is 11.3 Å². The van der Waals surface area contributed by atoms with E-state index in [9.17, 15) is 13.2 Å². The van der Waals surface area contributed by atoms with Gasteiger partial charge in [-0.15, -0.1) is 0 Å². The number of hydrazone groups is 1. The molecule has 7 nitrogen and oxygen atoms in total.